The molecule has 1 atom stereocenters. The molecule has 104 valence electrons. The van der Waals surface area contributed by atoms with Gasteiger partial charge in [-0.15, -0.1) is 0 Å². The van der Waals surface area contributed by atoms with Gasteiger partial charge in [-0.2, -0.15) is 0 Å². The fourth-order valence-electron chi connectivity index (χ4n) is 3.99. The normalized spacial score (nSPS) is 27.4. The Labute approximate surface area is 110 Å². The van der Waals surface area contributed by atoms with Gasteiger partial charge in [0.2, 0.25) is 0 Å². The first-order valence-corrected chi connectivity index (χ1v) is 7.59. The molecule has 3 heteroatoms. The molecule has 0 aromatic heterocycles. The van der Waals surface area contributed by atoms with Crippen LogP contribution in [0, 0.1) is 11.8 Å². The lowest BCUT2D eigenvalue weighted by molar-refractivity contribution is -0.159. The van der Waals surface area contributed by atoms with Gasteiger partial charge in [0.1, 0.15) is 0 Å². The standard InChI is InChI=1S/C15H26O3/c16-14(17)13(12-8-4-3-5-9-12)15(18)10-6-1-2-7-11-15/h12-13,18H,1-11H2,(H,16,17)/t13-/m1/s1. The van der Waals surface area contributed by atoms with Crippen molar-refractivity contribution in [1.82, 2.24) is 0 Å². The van der Waals surface area contributed by atoms with E-state index in [-0.39, 0.29) is 5.92 Å². The van der Waals surface area contributed by atoms with Crippen molar-refractivity contribution in [3.05, 3.63) is 0 Å². The Hall–Kier alpha value is -0.570. The molecule has 0 bridgehead atoms. The summed E-state index contributed by atoms with van der Waals surface area (Å²) >= 11 is 0. The maximum atomic E-state index is 11.7. The van der Waals surface area contributed by atoms with E-state index in [0.29, 0.717) is 12.8 Å². The summed E-state index contributed by atoms with van der Waals surface area (Å²) in [5.41, 5.74) is -0.940. The Bertz CT molecular complexity index is 273. The molecule has 2 aliphatic carbocycles. The number of aliphatic carboxylic acids is 1. The Balaban J connectivity index is 2.13. The van der Waals surface area contributed by atoms with Gasteiger partial charge >= 0.3 is 5.97 Å². The van der Waals surface area contributed by atoms with Crippen LogP contribution < -0.4 is 0 Å². The summed E-state index contributed by atoms with van der Waals surface area (Å²) < 4.78 is 0. The van der Waals surface area contributed by atoms with Crippen LogP contribution in [0.4, 0.5) is 0 Å². The molecule has 3 nitrogen and oxygen atoms in total. The summed E-state index contributed by atoms with van der Waals surface area (Å²) in [6.07, 6.45) is 11.1. The van der Waals surface area contributed by atoms with Crippen LogP contribution in [0.3, 0.4) is 0 Å². The first-order chi connectivity index (χ1) is 8.63. The molecule has 2 saturated carbocycles. The predicted octanol–water partition coefficient (Wildman–Crippen LogP) is 3.35. The molecule has 0 heterocycles. The van der Waals surface area contributed by atoms with Crippen molar-refractivity contribution < 1.29 is 15.0 Å². The van der Waals surface area contributed by atoms with Gasteiger partial charge in [0, 0.05) is 0 Å². The fraction of sp³-hybridized carbons (Fsp3) is 0.933. The van der Waals surface area contributed by atoms with Crippen LogP contribution in [0.2, 0.25) is 0 Å². The third-order valence-corrected chi connectivity index (χ3v) is 4.94. The number of carboxylic acids is 1. The second kappa shape index (κ2) is 6.05. The molecule has 2 rings (SSSR count). The molecule has 0 aromatic rings. The minimum absolute atomic E-state index is 0.194. The highest BCUT2D eigenvalue weighted by atomic mass is 16.4. The van der Waals surface area contributed by atoms with E-state index in [1.807, 2.05) is 0 Å². The molecule has 0 spiro atoms. The van der Waals surface area contributed by atoms with Crippen molar-refractivity contribution in [1.29, 1.82) is 0 Å². The number of carbonyl (C=O) groups is 1. The zero-order valence-electron chi connectivity index (χ0n) is 11.2. The largest absolute Gasteiger partial charge is 0.481 e. The van der Waals surface area contributed by atoms with Crippen LogP contribution in [0.1, 0.15) is 70.6 Å². The van der Waals surface area contributed by atoms with Crippen molar-refractivity contribution in [2.45, 2.75) is 76.2 Å². The molecule has 0 aliphatic heterocycles. The van der Waals surface area contributed by atoms with Gasteiger partial charge in [0.05, 0.1) is 11.5 Å². The maximum absolute atomic E-state index is 11.7. The average Bonchev–Trinajstić information content (AvgIpc) is 2.55. The monoisotopic (exact) mass is 254 g/mol. The molecule has 2 fully saturated rings. The third-order valence-electron chi connectivity index (χ3n) is 4.94. The number of hydrogen-bond acceptors (Lipinski definition) is 2. The Kier molecular flexibility index (Phi) is 4.66. The van der Waals surface area contributed by atoms with Crippen molar-refractivity contribution in [3.8, 4) is 0 Å². The lowest BCUT2D eigenvalue weighted by Gasteiger charge is -2.39. The number of carboxylic acid groups (broad SMARTS) is 1. The summed E-state index contributed by atoms with van der Waals surface area (Å²) in [5.74, 6) is -1.11. The number of rotatable bonds is 3. The first-order valence-electron chi connectivity index (χ1n) is 7.59. The summed E-state index contributed by atoms with van der Waals surface area (Å²) in [5, 5.41) is 20.4. The Morgan fingerprint density at radius 3 is 1.94 bits per heavy atom. The molecule has 2 aliphatic rings. The van der Waals surface area contributed by atoms with E-state index < -0.39 is 17.5 Å². The average molecular weight is 254 g/mol. The molecule has 2 N–H and O–H groups in total. The van der Waals surface area contributed by atoms with Crippen LogP contribution in [-0.2, 0) is 4.79 Å². The van der Waals surface area contributed by atoms with Crippen LogP contribution in [0.25, 0.3) is 0 Å². The molecule has 0 unspecified atom stereocenters. The summed E-state index contributed by atoms with van der Waals surface area (Å²) in [6, 6.07) is 0. The van der Waals surface area contributed by atoms with Crippen LogP contribution in [-0.4, -0.2) is 21.8 Å². The Morgan fingerprint density at radius 2 is 1.44 bits per heavy atom. The molecule has 18 heavy (non-hydrogen) atoms. The van der Waals surface area contributed by atoms with E-state index in [4.69, 9.17) is 0 Å². The van der Waals surface area contributed by atoms with Gasteiger partial charge in [0.15, 0.2) is 0 Å². The predicted molar refractivity (Wildman–Crippen MR) is 70.4 cm³/mol. The molecule has 0 radical (unpaired) electrons. The molecular weight excluding hydrogens is 228 g/mol. The molecule has 0 amide bonds. The SMILES string of the molecule is O=C(O)[C@@H](C1CCCCC1)C1(O)CCCCCC1. The fourth-order valence-corrected chi connectivity index (χ4v) is 3.99. The minimum Gasteiger partial charge on any atom is -0.481 e. The van der Waals surface area contributed by atoms with Gasteiger partial charge in [-0.05, 0) is 31.6 Å². The minimum atomic E-state index is -0.940. The second-order valence-corrected chi connectivity index (χ2v) is 6.23. The van der Waals surface area contributed by atoms with E-state index in [9.17, 15) is 15.0 Å². The first kappa shape index (κ1) is 13.9. The lowest BCUT2D eigenvalue weighted by atomic mass is 9.69. The summed E-state index contributed by atoms with van der Waals surface area (Å²) in [7, 11) is 0. The third kappa shape index (κ3) is 3.05. The van der Waals surface area contributed by atoms with Crippen molar-refractivity contribution in [2.75, 3.05) is 0 Å². The molecular formula is C15H26O3. The van der Waals surface area contributed by atoms with Crippen LogP contribution >= 0.6 is 0 Å². The van der Waals surface area contributed by atoms with Crippen molar-refractivity contribution >= 4 is 5.97 Å². The van der Waals surface area contributed by atoms with Gasteiger partial charge in [-0.3, -0.25) is 4.79 Å². The number of hydrogen-bond donors (Lipinski definition) is 2. The lowest BCUT2D eigenvalue weighted by Crippen LogP contribution is -2.46. The van der Waals surface area contributed by atoms with Gasteiger partial charge in [-0.1, -0.05) is 44.9 Å². The van der Waals surface area contributed by atoms with Gasteiger partial charge in [0.25, 0.3) is 0 Å². The van der Waals surface area contributed by atoms with E-state index in [2.05, 4.69) is 0 Å². The van der Waals surface area contributed by atoms with Crippen molar-refractivity contribution in [2.24, 2.45) is 11.8 Å². The van der Waals surface area contributed by atoms with E-state index in [1.165, 1.54) is 6.42 Å². The highest BCUT2D eigenvalue weighted by molar-refractivity contribution is 5.72. The van der Waals surface area contributed by atoms with Crippen LogP contribution in [0.15, 0.2) is 0 Å². The summed E-state index contributed by atoms with van der Waals surface area (Å²) in [6.45, 7) is 0. The second-order valence-electron chi connectivity index (χ2n) is 6.23. The van der Waals surface area contributed by atoms with E-state index in [0.717, 1.165) is 51.4 Å². The molecule has 0 aromatic carbocycles. The van der Waals surface area contributed by atoms with Gasteiger partial charge in [-0.25, -0.2) is 0 Å². The van der Waals surface area contributed by atoms with E-state index in [1.54, 1.807) is 0 Å². The highest BCUT2D eigenvalue weighted by Gasteiger charge is 2.45. The summed E-state index contributed by atoms with van der Waals surface area (Å²) in [4.78, 5) is 11.7. The quantitative estimate of drug-likeness (QED) is 0.759. The van der Waals surface area contributed by atoms with Gasteiger partial charge < -0.3 is 10.2 Å². The maximum Gasteiger partial charge on any atom is 0.309 e. The smallest absolute Gasteiger partial charge is 0.309 e. The molecule has 0 saturated heterocycles. The highest BCUT2D eigenvalue weighted by Crippen LogP contribution is 2.42. The topological polar surface area (TPSA) is 57.5 Å². The van der Waals surface area contributed by atoms with E-state index >= 15 is 0 Å². The zero-order valence-corrected chi connectivity index (χ0v) is 11.2. The van der Waals surface area contributed by atoms with Crippen molar-refractivity contribution in [3.63, 3.8) is 0 Å². The Morgan fingerprint density at radius 1 is 0.944 bits per heavy atom. The number of aliphatic hydroxyl groups is 1. The zero-order chi connectivity index (χ0) is 13.0. The van der Waals surface area contributed by atoms with Crippen LogP contribution in [0.5, 0.6) is 0 Å².